The second-order valence-electron chi connectivity index (χ2n) is 2.86. The van der Waals surface area contributed by atoms with E-state index in [1.54, 1.807) is 0 Å². The van der Waals surface area contributed by atoms with Crippen molar-refractivity contribution >= 4 is 5.91 Å². The molecular weight excluding hydrogens is 195 g/mol. The Kier molecular flexibility index (Phi) is 2.78. The molecule has 5 heteroatoms. The van der Waals surface area contributed by atoms with Gasteiger partial charge in [-0.1, -0.05) is 12.1 Å². The minimum absolute atomic E-state index is 0.0359. The molecule has 0 saturated heterocycles. The number of benzene rings is 1. The quantitative estimate of drug-likeness (QED) is 0.783. The number of rotatable bonds is 2. The molecule has 0 aromatic heterocycles. The fourth-order valence-electron chi connectivity index (χ4n) is 1.07. The standard InChI is InChI=1S/C9H8F3NO/c10-9(11,12)5-6-2-1-3-7(4-6)8(13)14/h1-4H,5H2,(H2,13,14). The third kappa shape index (κ3) is 3.08. The van der Waals surface area contributed by atoms with Crippen LogP contribution in [0.25, 0.3) is 0 Å². The molecule has 2 N–H and O–H groups in total. The predicted octanol–water partition coefficient (Wildman–Crippen LogP) is 1.89. The molecule has 1 aromatic carbocycles. The van der Waals surface area contributed by atoms with Crippen LogP contribution in [0.15, 0.2) is 24.3 Å². The summed E-state index contributed by atoms with van der Waals surface area (Å²) in [6.45, 7) is 0. The summed E-state index contributed by atoms with van der Waals surface area (Å²) < 4.78 is 35.9. The van der Waals surface area contributed by atoms with Crippen LogP contribution in [0.4, 0.5) is 13.2 Å². The molecule has 0 fully saturated rings. The highest BCUT2D eigenvalue weighted by Crippen LogP contribution is 2.21. The zero-order valence-corrected chi connectivity index (χ0v) is 7.14. The van der Waals surface area contributed by atoms with E-state index in [2.05, 4.69) is 0 Å². The number of alkyl halides is 3. The van der Waals surface area contributed by atoms with Crippen LogP contribution in [0.5, 0.6) is 0 Å². The molecule has 1 rings (SSSR count). The molecule has 0 bridgehead atoms. The van der Waals surface area contributed by atoms with Crippen LogP contribution in [0.1, 0.15) is 15.9 Å². The number of primary amides is 1. The summed E-state index contributed by atoms with van der Waals surface area (Å²) in [5.41, 5.74) is 5.05. The highest BCUT2D eigenvalue weighted by atomic mass is 19.4. The Hall–Kier alpha value is -1.52. The maximum absolute atomic E-state index is 12.0. The fourth-order valence-corrected chi connectivity index (χ4v) is 1.07. The fraction of sp³-hybridized carbons (Fsp3) is 0.222. The number of hydrogen-bond acceptors (Lipinski definition) is 1. The van der Waals surface area contributed by atoms with Gasteiger partial charge in [0.2, 0.25) is 5.91 Å². The molecule has 14 heavy (non-hydrogen) atoms. The second-order valence-corrected chi connectivity index (χ2v) is 2.86. The van der Waals surface area contributed by atoms with Gasteiger partial charge in [-0.15, -0.1) is 0 Å². The van der Waals surface area contributed by atoms with Crippen LogP contribution >= 0.6 is 0 Å². The van der Waals surface area contributed by atoms with Gasteiger partial charge in [-0.05, 0) is 17.7 Å². The van der Waals surface area contributed by atoms with Gasteiger partial charge in [-0.2, -0.15) is 13.2 Å². The molecule has 0 aliphatic carbocycles. The number of nitrogens with two attached hydrogens (primary N) is 1. The second kappa shape index (κ2) is 3.69. The number of halogens is 3. The summed E-state index contributed by atoms with van der Waals surface area (Å²) in [6.07, 6.45) is -5.32. The molecule has 1 amide bonds. The van der Waals surface area contributed by atoms with Gasteiger partial charge in [0, 0.05) is 5.56 Å². The van der Waals surface area contributed by atoms with E-state index < -0.39 is 18.5 Å². The molecular formula is C9H8F3NO. The number of carbonyl (C=O) groups is 1. The van der Waals surface area contributed by atoms with E-state index in [0.717, 1.165) is 6.07 Å². The average molecular weight is 203 g/mol. The Balaban J connectivity index is 2.89. The lowest BCUT2D eigenvalue weighted by Crippen LogP contribution is -2.14. The van der Waals surface area contributed by atoms with E-state index in [9.17, 15) is 18.0 Å². The molecule has 0 spiro atoms. The van der Waals surface area contributed by atoms with E-state index in [4.69, 9.17) is 5.73 Å². The topological polar surface area (TPSA) is 43.1 Å². The minimum atomic E-state index is -4.27. The van der Waals surface area contributed by atoms with Gasteiger partial charge in [-0.3, -0.25) is 4.79 Å². The predicted molar refractivity (Wildman–Crippen MR) is 44.7 cm³/mol. The Labute approximate surface area is 78.5 Å². The molecule has 0 aliphatic heterocycles. The zero-order chi connectivity index (χ0) is 10.8. The van der Waals surface area contributed by atoms with E-state index in [-0.39, 0.29) is 11.1 Å². The highest BCUT2D eigenvalue weighted by molar-refractivity contribution is 5.92. The molecule has 0 aliphatic rings. The van der Waals surface area contributed by atoms with Gasteiger partial charge in [0.25, 0.3) is 0 Å². The lowest BCUT2D eigenvalue weighted by Gasteiger charge is -2.06. The van der Waals surface area contributed by atoms with Crippen molar-refractivity contribution < 1.29 is 18.0 Å². The van der Waals surface area contributed by atoms with Crippen LogP contribution < -0.4 is 5.73 Å². The summed E-state index contributed by atoms with van der Waals surface area (Å²) in [7, 11) is 0. The molecule has 1 aromatic rings. The monoisotopic (exact) mass is 203 g/mol. The van der Waals surface area contributed by atoms with E-state index in [1.165, 1.54) is 18.2 Å². The van der Waals surface area contributed by atoms with Crippen molar-refractivity contribution in [1.82, 2.24) is 0 Å². The van der Waals surface area contributed by atoms with Crippen LogP contribution in [0, 0.1) is 0 Å². The van der Waals surface area contributed by atoms with Gasteiger partial charge in [0.1, 0.15) is 0 Å². The van der Waals surface area contributed by atoms with Gasteiger partial charge >= 0.3 is 6.18 Å². The lowest BCUT2D eigenvalue weighted by molar-refractivity contribution is -0.127. The van der Waals surface area contributed by atoms with Gasteiger partial charge in [-0.25, -0.2) is 0 Å². The van der Waals surface area contributed by atoms with Crippen molar-refractivity contribution in [3.05, 3.63) is 35.4 Å². The Bertz CT molecular complexity index is 346. The van der Waals surface area contributed by atoms with E-state index in [0.29, 0.717) is 0 Å². The zero-order valence-electron chi connectivity index (χ0n) is 7.14. The molecule has 2 nitrogen and oxygen atoms in total. The molecule has 0 radical (unpaired) electrons. The minimum Gasteiger partial charge on any atom is -0.366 e. The number of carbonyl (C=O) groups excluding carboxylic acids is 1. The van der Waals surface area contributed by atoms with Crippen molar-refractivity contribution in [2.75, 3.05) is 0 Å². The Morgan fingerprint density at radius 1 is 1.36 bits per heavy atom. The van der Waals surface area contributed by atoms with Gasteiger partial charge < -0.3 is 5.73 Å². The summed E-state index contributed by atoms with van der Waals surface area (Å²) in [6, 6.07) is 5.21. The third-order valence-electron chi connectivity index (χ3n) is 1.62. The van der Waals surface area contributed by atoms with Crippen molar-refractivity contribution in [1.29, 1.82) is 0 Å². The van der Waals surface area contributed by atoms with Crippen molar-refractivity contribution in [2.45, 2.75) is 12.6 Å². The Morgan fingerprint density at radius 2 is 2.00 bits per heavy atom. The molecule has 0 saturated carbocycles. The smallest absolute Gasteiger partial charge is 0.366 e. The maximum atomic E-state index is 12.0. The van der Waals surface area contributed by atoms with Crippen molar-refractivity contribution in [2.24, 2.45) is 5.73 Å². The summed E-state index contributed by atoms with van der Waals surface area (Å²) >= 11 is 0. The summed E-state index contributed by atoms with van der Waals surface area (Å²) in [5, 5.41) is 0. The lowest BCUT2D eigenvalue weighted by atomic mass is 10.1. The highest BCUT2D eigenvalue weighted by Gasteiger charge is 2.27. The van der Waals surface area contributed by atoms with Gasteiger partial charge in [0.15, 0.2) is 0 Å². The first-order valence-corrected chi connectivity index (χ1v) is 3.84. The van der Waals surface area contributed by atoms with E-state index >= 15 is 0 Å². The molecule has 0 unspecified atom stereocenters. The average Bonchev–Trinajstić information content (AvgIpc) is 2.01. The first-order valence-electron chi connectivity index (χ1n) is 3.84. The van der Waals surface area contributed by atoms with Gasteiger partial charge in [0.05, 0.1) is 6.42 Å². The van der Waals surface area contributed by atoms with Crippen LogP contribution in [-0.2, 0) is 6.42 Å². The molecule has 76 valence electrons. The van der Waals surface area contributed by atoms with Crippen molar-refractivity contribution in [3.63, 3.8) is 0 Å². The first kappa shape index (κ1) is 10.6. The van der Waals surface area contributed by atoms with E-state index in [1.807, 2.05) is 0 Å². The molecule has 0 heterocycles. The SMILES string of the molecule is NC(=O)c1cccc(CC(F)(F)F)c1. The van der Waals surface area contributed by atoms with Crippen LogP contribution in [0.3, 0.4) is 0 Å². The molecule has 0 atom stereocenters. The summed E-state index contributed by atoms with van der Waals surface area (Å²) in [4.78, 5) is 10.7. The first-order chi connectivity index (χ1) is 6.38. The maximum Gasteiger partial charge on any atom is 0.393 e. The van der Waals surface area contributed by atoms with Crippen molar-refractivity contribution in [3.8, 4) is 0 Å². The number of hydrogen-bond donors (Lipinski definition) is 1. The number of amides is 1. The third-order valence-corrected chi connectivity index (χ3v) is 1.62. The van der Waals surface area contributed by atoms with Crippen LogP contribution in [0.2, 0.25) is 0 Å². The Morgan fingerprint density at radius 3 is 2.50 bits per heavy atom. The normalized spacial score (nSPS) is 11.4. The summed E-state index contributed by atoms with van der Waals surface area (Å²) in [5.74, 6) is -0.728. The van der Waals surface area contributed by atoms with Crippen LogP contribution in [-0.4, -0.2) is 12.1 Å². The largest absolute Gasteiger partial charge is 0.393 e.